The summed E-state index contributed by atoms with van der Waals surface area (Å²) in [5.74, 6) is 0. The maximum absolute atomic E-state index is 12.6. The summed E-state index contributed by atoms with van der Waals surface area (Å²) in [6.45, 7) is 7.92. The van der Waals surface area contributed by atoms with Crippen LogP contribution in [-0.2, 0) is 13.6 Å². The van der Waals surface area contributed by atoms with E-state index in [-0.39, 0.29) is 6.61 Å². The van der Waals surface area contributed by atoms with Crippen molar-refractivity contribution >= 4 is 7.60 Å². The van der Waals surface area contributed by atoms with Gasteiger partial charge in [0.2, 0.25) is 0 Å². The van der Waals surface area contributed by atoms with E-state index in [1.54, 1.807) is 20.8 Å². The van der Waals surface area contributed by atoms with E-state index in [4.69, 9.17) is 14.2 Å². The lowest BCUT2D eigenvalue weighted by molar-refractivity contribution is 0.225. The Morgan fingerprint density at radius 1 is 1.22 bits per heavy atom. The molecule has 0 aliphatic rings. The molecule has 0 radical (unpaired) electrons. The van der Waals surface area contributed by atoms with Crippen LogP contribution in [0.4, 0.5) is 0 Å². The molecule has 0 saturated heterocycles. The smallest absolute Gasteiger partial charge is 0.364 e. The molecule has 0 rings (SSSR count). The van der Waals surface area contributed by atoms with Crippen LogP contribution in [0.1, 0.15) is 47.0 Å². The number of unbranched alkanes of at least 4 members (excludes halogenated alkanes) is 1. The van der Waals surface area contributed by atoms with Gasteiger partial charge in [-0.3, -0.25) is 4.57 Å². The van der Waals surface area contributed by atoms with E-state index < -0.39 is 7.60 Å². The Hall–Kier alpha value is -0.370. The predicted molar refractivity (Wildman–Crippen MR) is 73.7 cm³/mol. The second-order valence-electron chi connectivity index (χ2n) is 3.95. The molecule has 0 atom stereocenters. The van der Waals surface area contributed by atoms with E-state index >= 15 is 0 Å². The second-order valence-corrected chi connectivity index (χ2v) is 6.00. The topological polar surface area (TPSA) is 55.8 Å². The molecular formula is C13H25O4P. The fraction of sp³-hybridized carbons (Fsp3) is 0.769. The van der Waals surface area contributed by atoms with Crippen molar-refractivity contribution in [2.24, 2.45) is 0 Å². The molecule has 106 valence electrons. The Bertz CT molecular complexity index is 333. The van der Waals surface area contributed by atoms with Crippen LogP contribution in [0.25, 0.3) is 0 Å². The summed E-state index contributed by atoms with van der Waals surface area (Å²) in [4.78, 5) is 0. The molecule has 0 aliphatic heterocycles. The molecule has 0 aliphatic carbocycles. The zero-order valence-corrected chi connectivity index (χ0v) is 12.8. The van der Waals surface area contributed by atoms with Gasteiger partial charge in [0.25, 0.3) is 0 Å². The maximum Gasteiger partial charge on any atom is 0.364 e. The molecule has 0 heterocycles. The Labute approximate surface area is 110 Å². The van der Waals surface area contributed by atoms with Gasteiger partial charge in [0.1, 0.15) is 0 Å². The van der Waals surface area contributed by atoms with Crippen molar-refractivity contribution < 1.29 is 18.7 Å². The minimum absolute atomic E-state index is 0.103. The SMILES string of the molecule is CCCCC(=C=C(C)CO)P(=O)(OCC)OCC. The number of hydrogen-bond donors (Lipinski definition) is 1. The first-order valence-corrected chi connectivity index (χ1v) is 8.04. The van der Waals surface area contributed by atoms with Gasteiger partial charge in [-0.15, -0.1) is 5.73 Å². The largest absolute Gasteiger partial charge is 0.391 e. The molecule has 18 heavy (non-hydrogen) atoms. The van der Waals surface area contributed by atoms with Crippen molar-refractivity contribution in [3.8, 4) is 0 Å². The summed E-state index contributed by atoms with van der Waals surface area (Å²) >= 11 is 0. The maximum atomic E-state index is 12.6. The van der Waals surface area contributed by atoms with Crippen LogP contribution in [0.3, 0.4) is 0 Å². The summed E-state index contributed by atoms with van der Waals surface area (Å²) in [5.41, 5.74) is 3.62. The van der Waals surface area contributed by atoms with E-state index in [1.165, 1.54) is 0 Å². The van der Waals surface area contributed by atoms with Gasteiger partial charge in [-0.05, 0) is 39.2 Å². The summed E-state index contributed by atoms with van der Waals surface area (Å²) in [7, 11) is -3.25. The zero-order chi connectivity index (χ0) is 14.0. The highest BCUT2D eigenvalue weighted by Gasteiger charge is 2.29. The minimum Gasteiger partial charge on any atom is -0.391 e. The molecule has 0 amide bonds. The Morgan fingerprint density at radius 3 is 2.17 bits per heavy atom. The average molecular weight is 276 g/mol. The van der Waals surface area contributed by atoms with E-state index in [2.05, 4.69) is 12.7 Å². The number of aliphatic hydroxyl groups excluding tert-OH is 1. The van der Waals surface area contributed by atoms with Gasteiger partial charge in [0, 0.05) is 0 Å². The first kappa shape index (κ1) is 17.6. The summed E-state index contributed by atoms with van der Waals surface area (Å²) in [6, 6.07) is 0. The first-order chi connectivity index (χ1) is 8.53. The molecule has 0 aromatic heterocycles. The Morgan fingerprint density at radius 2 is 1.78 bits per heavy atom. The van der Waals surface area contributed by atoms with Crippen LogP contribution in [0.5, 0.6) is 0 Å². The minimum atomic E-state index is -3.25. The summed E-state index contributed by atoms with van der Waals surface area (Å²) in [6.07, 6.45) is 2.50. The normalized spacial score (nSPS) is 11.2. The van der Waals surface area contributed by atoms with Crippen molar-refractivity contribution in [1.29, 1.82) is 0 Å². The van der Waals surface area contributed by atoms with E-state index in [0.717, 1.165) is 12.8 Å². The molecule has 5 heteroatoms. The Balaban J connectivity index is 5.37. The monoisotopic (exact) mass is 276 g/mol. The van der Waals surface area contributed by atoms with E-state index in [1.807, 2.05) is 0 Å². The zero-order valence-electron chi connectivity index (χ0n) is 11.9. The highest BCUT2D eigenvalue weighted by molar-refractivity contribution is 7.58. The molecule has 4 nitrogen and oxygen atoms in total. The van der Waals surface area contributed by atoms with Crippen molar-refractivity contribution in [2.45, 2.75) is 47.0 Å². The van der Waals surface area contributed by atoms with E-state index in [0.29, 0.717) is 30.5 Å². The fourth-order valence-corrected chi connectivity index (χ4v) is 3.26. The second kappa shape index (κ2) is 9.55. The predicted octanol–water partition coefficient (Wildman–Crippen LogP) is 3.86. The lowest BCUT2D eigenvalue weighted by Crippen LogP contribution is -1.99. The lowest BCUT2D eigenvalue weighted by atomic mass is 10.2. The molecule has 0 aromatic carbocycles. The van der Waals surface area contributed by atoms with Gasteiger partial charge in [0.05, 0.1) is 25.1 Å². The van der Waals surface area contributed by atoms with Gasteiger partial charge in [-0.25, -0.2) is 0 Å². The molecule has 0 saturated carbocycles. The van der Waals surface area contributed by atoms with Crippen LogP contribution in [0, 0.1) is 0 Å². The van der Waals surface area contributed by atoms with Gasteiger partial charge >= 0.3 is 7.60 Å². The third-order valence-corrected chi connectivity index (χ3v) is 4.48. The molecular weight excluding hydrogens is 251 g/mol. The molecule has 0 fully saturated rings. The van der Waals surface area contributed by atoms with Gasteiger partial charge in [-0.2, -0.15) is 0 Å². The third-order valence-electron chi connectivity index (χ3n) is 2.29. The van der Waals surface area contributed by atoms with Crippen molar-refractivity contribution in [3.05, 3.63) is 16.6 Å². The molecule has 0 bridgehead atoms. The van der Waals surface area contributed by atoms with Gasteiger partial charge in [0.15, 0.2) is 0 Å². The lowest BCUT2D eigenvalue weighted by Gasteiger charge is -2.18. The van der Waals surface area contributed by atoms with Gasteiger partial charge in [-0.1, -0.05) is 13.3 Å². The van der Waals surface area contributed by atoms with Crippen molar-refractivity contribution in [3.63, 3.8) is 0 Å². The highest BCUT2D eigenvalue weighted by Crippen LogP contribution is 2.57. The summed E-state index contributed by atoms with van der Waals surface area (Å²) < 4.78 is 23.3. The van der Waals surface area contributed by atoms with Crippen molar-refractivity contribution in [1.82, 2.24) is 0 Å². The van der Waals surface area contributed by atoms with Crippen LogP contribution < -0.4 is 0 Å². The first-order valence-electron chi connectivity index (χ1n) is 6.49. The highest BCUT2D eigenvalue weighted by atomic mass is 31.2. The van der Waals surface area contributed by atoms with Crippen LogP contribution in [0.15, 0.2) is 16.6 Å². The van der Waals surface area contributed by atoms with E-state index in [9.17, 15) is 4.57 Å². The molecule has 0 unspecified atom stereocenters. The van der Waals surface area contributed by atoms with Crippen LogP contribution in [-0.4, -0.2) is 24.9 Å². The number of hydrogen-bond acceptors (Lipinski definition) is 4. The molecule has 0 spiro atoms. The standard InChI is InChI=1S/C13H25O4P/c1-5-8-9-13(10-12(4)11-14)18(15,16-6-2)17-7-3/h14H,5-9,11H2,1-4H3. The molecule has 1 N–H and O–H groups in total. The molecule has 0 aromatic rings. The van der Waals surface area contributed by atoms with Crippen molar-refractivity contribution in [2.75, 3.05) is 19.8 Å². The van der Waals surface area contributed by atoms with Crippen LogP contribution >= 0.6 is 7.60 Å². The Kier molecular flexibility index (Phi) is 9.35. The fourth-order valence-electron chi connectivity index (χ4n) is 1.43. The third kappa shape index (κ3) is 5.99. The van der Waals surface area contributed by atoms with Gasteiger partial charge < -0.3 is 14.2 Å². The quantitative estimate of drug-likeness (QED) is 0.513. The van der Waals surface area contributed by atoms with Crippen LogP contribution in [0.2, 0.25) is 0 Å². The number of rotatable bonds is 9. The average Bonchev–Trinajstić information content (AvgIpc) is 2.34. The summed E-state index contributed by atoms with van der Waals surface area (Å²) in [5, 5.41) is 9.59. The number of aliphatic hydroxyl groups is 1.